The van der Waals surface area contributed by atoms with E-state index in [2.05, 4.69) is 21.7 Å². The number of hydrazone groups is 1. The Balaban J connectivity index is 1.63. The Bertz CT molecular complexity index is 1450. The average Bonchev–Trinajstić information content (AvgIpc) is 3.27. The van der Waals surface area contributed by atoms with E-state index in [0.29, 0.717) is 12.8 Å². The van der Waals surface area contributed by atoms with Crippen molar-refractivity contribution in [2.75, 3.05) is 0 Å². The molecule has 4 aromatic rings. The summed E-state index contributed by atoms with van der Waals surface area (Å²) in [6, 6.07) is 28.3. The van der Waals surface area contributed by atoms with Gasteiger partial charge in [0.15, 0.2) is 0 Å². The van der Waals surface area contributed by atoms with Crippen LogP contribution < -0.4 is 5.43 Å². The lowest BCUT2D eigenvalue weighted by Gasteiger charge is -2.25. The van der Waals surface area contributed by atoms with Crippen molar-refractivity contribution < 1.29 is 9.72 Å². The number of nitro benzene ring substituents is 1. The van der Waals surface area contributed by atoms with Crippen LogP contribution in [0.1, 0.15) is 18.4 Å². The number of allylic oxidation sites excluding steroid dienone is 1. The summed E-state index contributed by atoms with van der Waals surface area (Å²) in [7, 11) is 0. The molecule has 1 aromatic heterocycles. The molecule has 1 saturated carbocycles. The molecule has 5 rings (SSSR count). The minimum atomic E-state index is -0.409. The summed E-state index contributed by atoms with van der Waals surface area (Å²) < 4.78 is 2.06. The van der Waals surface area contributed by atoms with Crippen LogP contribution in [0.4, 0.5) is 5.69 Å². The fourth-order valence-electron chi connectivity index (χ4n) is 4.41. The van der Waals surface area contributed by atoms with E-state index in [1.165, 1.54) is 12.1 Å². The van der Waals surface area contributed by atoms with Crippen molar-refractivity contribution in [3.63, 3.8) is 0 Å². The maximum atomic E-state index is 12.4. The number of aromatic nitrogens is 1. The fraction of sp³-hybridized carbons (Fsp3) is 0.103. The summed E-state index contributed by atoms with van der Waals surface area (Å²) in [5, 5.41) is 15.5. The van der Waals surface area contributed by atoms with E-state index in [4.69, 9.17) is 0 Å². The maximum Gasteiger partial charge on any atom is 0.269 e. The van der Waals surface area contributed by atoms with Crippen molar-refractivity contribution in [1.29, 1.82) is 0 Å². The second kappa shape index (κ2) is 9.84. The molecule has 0 spiro atoms. The minimum Gasteiger partial charge on any atom is -0.309 e. The number of benzene rings is 3. The van der Waals surface area contributed by atoms with Crippen molar-refractivity contribution in [3.05, 3.63) is 119 Å². The molecule has 7 nitrogen and oxygen atoms in total. The van der Waals surface area contributed by atoms with E-state index in [0.717, 1.165) is 39.3 Å². The van der Waals surface area contributed by atoms with E-state index < -0.39 is 4.92 Å². The van der Waals surface area contributed by atoms with Crippen LogP contribution in [0.3, 0.4) is 0 Å². The number of nitro groups is 1. The van der Waals surface area contributed by atoms with Crippen LogP contribution in [-0.4, -0.2) is 21.6 Å². The van der Waals surface area contributed by atoms with E-state index in [1.54, 1.807) is 18.3 Å². The fourth-order valence-corrected chi connectivity index (χ4v) is 4.41. The zero-order valence-electron chi connectivity index (χ0n) is 19.5. The van der Waals surface area contributed by atoms with Gasteiger partial charge in [-0.15, -0.1) is 0 Å². The lowest BCUT2D eigenvalue weighted by molar-refractivity contribution is -0.384. The van der Waals surface area contributed by atoms with E-state index >= 15 is 0 Å². The standard InChI is InChI=1S/C29H24N4O3/c1-20-16-23(17-20)29(34)31-30-19-24-18-27(21-8-4-2-5-9-21)32(28(24)22-10-6-3-7-11-22)25-12-14-26(15-13-25)33(35)36/h2-15,18-19,23H,1,16-17H2,(H,31,34)/b30-19+. The van der Waals surface area contributed by atoms with Gasteiger partial charge in [-0.1, -0.05) is 72.8 Å². The summed E-state index contributed by atoms with van der Waals surface area (Å²) in [5.41, 5.74) is 9.02. The first-order valence-electron chi connectivity index (χ1n) is 11.6. The first kappa shape index (κ1) is 23.0. The Kier molecular flexibility index (Phi) is 6.28. The number of carbonyl (C=O) groups excluding carboxylic acids is 1. The van der Waals surface area contributed by atoms with Gasteiger partial charge in [0.2, 0.25) is 5.91 Å². The molecule has 7 heteroatoms. The molecule has 0 aliphatic heterocycles. The van der Waals surface area contributed by atoms with Gasteiger partial charge < -0.3 is 4.57 Å². The molecule has 178 valence electrons. The molecule has 1 heterocycles. The Hall–Kier alpha value is -4.78. The molecule has 0 radical (unpaired) electrons. The van der Waals surface area contributed by atoms with Crippen molar-refractivity contribution in [2.24, 2.45) is 11.0 Å². The van der Waals surface area contributed by atoms with Crippen molar-refractivity contribution >= 4 is 17.8 Å². The van der Waals surface area contributed by atoms with Crippen LogP contribution in [0.2, 0.25) is 0 Å². The largest absolute Gasteiger partial charge is 0.309 e. The predicted molar refractivity (Wildman–Crippen MR) is 141 cm³/mol. The van der Waals surface area contributed by atoms with Crippen LogP contribution in [0.25, 0.3) is 28.2 Å². The Morgan fingerprint density at radius 1 is 0.972 bits per heavy atom. The van der Waals surface area contributed by atoms with Crippen LogP contribution in [0.5, 0.6) is 0 Å². The molecule has 0 atom stereocenters. The van der Waals surface area contributed by atoms with Gasteiger partial charge in [0.25, 0.3) is 5.69 Å². The van der Waals surface area contributed by atoms with Crippen molar-refractivity contribution in [1.82, 2.24) is 9.99 Å². The highest BCUT2D eigenvalue weighted by Crippen LogP contribution is 2.36. The van der Waals surface area contributed by atoms with Crippen LogP contribution in [-0.2, 0) is 4.79 Å². The third kappa shape index (κ3) is 4.59. The maximum absolute atomic E-state index is 12.4. The number of rotatable bonds is 7. The van der Waals surface area contributed by atoms with Gasteiger partial charge in [0.05, 0.1) is 22.5 Å². The summed E-state index contributed by atoms with van der Waals surface area (Å²) in [6.45, 7) is 3.89. The first-order chi connectivity index (χ1) is 17.5. The summed E-state index contributed by atoms with van der Waals surface area (Å²) >= 11 is 0. The van der Waals surface area contributed by atoms with Gasteiger partial charge in [0, 0.05) is 29.3 Å². The van der Waals surface area contributed by atoms with Gasteiger partial charge in [-0.05, 0) is 42.2 Å². The molecule has 1 fully saturated rings. The molecule has 1 N–H and O–H groups in total. The highest BCUT2D eigenvalue weighted by molar-refractivity contribution is 5.94. The number of non-ortho nitro benzene ring substituents is 1. The molecule has 0 saturated heterocycles. The highest BCUT2D eigenvalue weighted by Gasteiger charge is 2.28. The first-order valence-corrected chi connectivity index (χ1v) is 11.6. The van der Waals surface area contributed by atoms with Gasteiger partial charge >= 0.3 is 0 Å². The third-order valence-electron chi connectivity index (χ3n) is 6.28. The van der Waals surface area contributed by atoms with E-state index in [9.17, 15) is 14.9 Å². The zero-order chi connectivity index (χ0) is 25.1. The Morgan fingerprint density at radius 2 is 1.58 bits per heavy atom. The third-order valence-corrected chi connectivity index (χ3v) is 6.28. The second-order valence-electron chi connectivity index (χ2n) is 8.76. The highest BCUT2D eigenvalue weighted by atomic mass is 16.6. The molecular formula is C29H24N4O3. The molecular weight excluding hydrogens is 452 g/mol. The lowest BCUT2D eigenvalue weighted by atomic mass is 9.81. The normalized spacial score (nSPS) is 13.5. The lowest BCUT2D eigenvalue weighted by Crippen LogP contribution is -2.32. The number of nitrogens with one attached hydrogen (secondary N) is 1. The van der Waals surface area contributed by atoms with Crippen LogP contribution in [0.15, 0.2) is 108 Å². The zero-order valence-corrected chi connectivity index (χ0v) is 19.5. The molecule has 0 bridgehead atoms. The van der Waals surface area contributed by atoms with Crippen molar-refractivity contribution in [2.45, 2.75) is 12.8 Å². The monoisotopic (exact) mass is 476 g/mol. The second-order valence-corrected chi connectivity index (χ2v) is 8.76. The molecule has 1 aliphatic carbocycles. The van der Waals surface area contributed by atoms with Gasteiger partial charge in [-0.25, -0.2) is 5.43 Å². The molecule has 0 unspecified atom stereocenters. The summed E-state index contributed by atoms with van der Waals surface area (Å²) in [6.07, 6.45) is 3.05. The number of hydrogen-bond acceptors (Lipinski definition) is 4. The summed E-state index contributed by atoms with van der Waals surface area (Å²) in [4.78, 5) is 23.2. The van der Waals surface area contributed by atoms with E-state index in [1.807, 2.05) is 66.7 Å². The Labute approximate surface area is 208 Å². The number of nitrogens with zero attached hydrogens (tertiary/aromatic N) is 3. The topological polar surface area (TPSA) is 89.5 Å². The predicted octanol–water partition coefficient (Wildman–Crippen LogP) is 6.14. The molecule has 3 aromatic carbocycles. The quantitative estimate of drug-likeness (QED) is 0.150. The summed E-state index contributed by atoms with van der Waals surface area (Å²) in [5.74, 6) is -0.189. The van der Waals surface area contributed by atoms with Crippen molar-refractivity contribution in [3.8, 4) is 28.2 Å². The van der Waals surface area contributed by atoms with Crippen LogP contribution in [0, 0.1) is 16.0 Å². The molecule has 36 heavy (non-hydrogen) atoms. The van der Waals surface area contributed by atoms with E-state index in [-0.39, 0.29) is 17.5 Å². The smallest absolute Gasteiger partial charge is 0.269 e. The van der Waals surface area contributed by atoms with Gasteiger partial charge in [-0.2, -0.15) is 5.10 Å². The van der Waals surface area contributed by atoms with Gasteiger partial charge in [0.1, 0.15) is 0 Å². The molecule has 1 aliphatic rings. The number of amides is 1. The van der Waals surface area contributed by atoms with Gasteiger partial charge in [-0.3, -0.25) is 14.9 Å². The number of carbonyl (C=O) groups is 1. The Morgan fingerprint density at radius 3 is 2.17 bits per heavy atom. The van der Waals surface area contributed by atoms with Crippen LogP contribution >= 0.6 is 0 Å². The minimum absolute atomic E-state index is 0.0246. The molecule has 1 amide bonds. The number of hydrogen-bond donors (Lipinski definition) is 1. The SMILES string of the molecule is C=C1CC(C(=O)N/N=C/c2cc(-c3ccccc3)n(-c3ccc([N+](=O)[O-])cc3)c2-c2ccccc2)C1. The average molecular weight is 477 g/mol.